The molecule has 2 N–H and O–H groups in total. The third-order valence-electron chi connectivity index (χ3n) is 3.45. The lowest BCUT2D eigenvalue weighted by Gasteiger charge is -2.32. The summed E-state index contributed by atoms with van der Waals surface area (Å²) in [7, 11) is -3.39. The molecule has 0 unspecified atom stereocenters. The minimum Gasteiger partial charge on any atom is -0.317 e. The van der Waals surface area contributed by atoms with Crippen molar-refractivity contribution in [3.8, 4) is 0 Å². The smallest absolute Gasteiger partial charge is 0.239 e. The molecular formula is C10H18N2O3S. The average Bonchev–Trinajstić information content (AvgIpc) is 3.01. The van der Waals surface area contributed by atoms with Crippen molar-refractivity contribution < 1.29 is 13.2 Å². The zero-order valence-electron chi connectivity index (χ0n) is 9.45. The van der Waals surface area contributed by atoms with Crippen molar-refractivity contribution in [1.82, 2.24) is 10.0 Å². The summed E-state index contributed by atoms with van der Waals surface area (Å²) in [6, 6.07) is 0. The fraction of sp³-hybridized carbons (Fsp3) is 0.900. The van der Waals surface area contributed by atoms with E-state index in [0.29, 0.717) is 25.7 Å². The average molecular weight is 246 g/mol. The number of hydrogen-bond acceptors (Lipinski definition) is 4. The molecule has 2 fully saturated rings. The highest BCUT2D eigenvalue weighted by Crippen LogP contribution is 2.31. The first-order valence-electron chi connectivity index (χ1n) is 5.71. The Balaban J connectivity index is 2.01. The van der Waals surface area contributed by atoms with Gasteiger partial charge in [0.1, 0.15) is 0 Å². The van der Waals surface area contributed by atoms with E-state index in [1.807, 2.05) is 6.92 Å². The van der Waals surface area contributed by atoms with Crippen LogP contribution in [0.15, 0.2) is 0 Å². The standard InChI is InChI=1S/C10H18N2O3S/c1-10(4-6-11-7-5-10)9(13)12-16(14,15)8-2-3-8/h8,11H,2-7H2,1H3,(H,12,13). The Morgan fingerprint density at radius 3 is 2.38 bits per heavy atom. The normalized spacial score (nSPS) is 25.1. The summed E-state index contributed by atoms with van der Waals surface area (Å²) in [5.41, 5.74) is -0.535. The summed E-state index contributed by atoms with van der Waals surface area (Å²) in [4.78, 5) is 11.9. The van der Waals surface area contributed by atoms with Crippen LogP contribution < -0.4 is 10.0 Å². The van der Waals surface area contributed by atoms with Crippen LogP contribution in [0.3, 0.4) is 0 Å². The Kier molecular flexibility index (Phi) is 2.96. The molecule has 2 aliphatic rings. The molecular weight excluding hydrogens is 228 g/mol. The number of rotatable bonds is 3. The zero-order chi connectivity index (χ0) is 11.8. The van der Waals surface area contributed by atoms with E-state index in [4.69, 9.17) is 0 Å². The van der Waals surface area contributed by atoms with E-state index in [-0.39, 0.29) is 11.2 Å². The molecule has 0 atom stereocenters. The van der Waals surface area contributed by atoms with Crippen molar-refractivity contribution in [2.24, 2.45) is 5.41 Å². The third kappa shape index (κ3) is 2.38. The maximum absolute atomic E-state index is 11.9. The van der Waals surface area contributed by atoms with Crippen LogP contribution in [0.4, 0.5) is 0 Å². The van der Waals surface area contributed by atoms with Gasteiger partial charge in [-0.1, -0.05) is 6.92 Å². The van der Waals surface area contributed by atoms with Crippen molar-refractivity contribution in [3.05, 3.63) is 0 Å². The maximum Gasteiger partial charge on any atom is 0.239 e. The minimum absolute atomic E-state index is 0.332. The van der Waals surface area contributed by atoms with Gasteiger partial charge in [0, 0.05) is 5.41 Å². The molecule has 0 aromatic rings. The first-order valence-corrected chi connectivity index (χ1v) is 7.25. The Morgan fingerprint density at radius 1 is 1.31 bits per heavy atom. The molecule has 92 valence electrons. The fourth-order valence-corrected chi connectivity index (χ4v) is 3.35. The Morgan fingerprint density at radius 2 is 1.88 bits per heavy atom. The summed E-state index contributed by atoms with van der Waals surface area (Å²) in [5.74, 6) is -0.332. The minimum atomic E-state index is -3.39. The van der Waals surface area contributed by atoms with Crippen LogP contribution in [0.25, 0.3) is 0 Å². The van der Waals surface area contributed by atoms with Gasteiger partial charge in [0.05, 0.1) is 5.25 Å². The van der Waals surface area contributed by atoms with E-state index in [2.05, 4.69) is 10.0 Å². The molecule has 1 saturated heterocycles. The molecule has 5 nitrogen and oxygen atoms in total. The first kappa shape index (κ1) is 11.9. The van der Waals surface area contributed by atoms with E-state index in [0.717, 1.165) is 13.1 Å². The molecule has 6 heteroatoms. The lowest BCUT2D eigenvalue weighted by atomic mass is 9.80. The van der Waals surface area contributed by atoms with Crippen LogP contribution in [-0.2, 0) is 14.8 Å². The predicted molar refractivity (Wildman–Crippen MR) is 60.3 cm³/mol. The Hall–Kier alpha value is -0.620. The zero-order valence-corrected chi connectivity index (χ0v) is 10.3. The van der Waals surface area contributed by atoms with Crippen molar-refractivity contribution in [1.29, 1.82) is 0 Å². The number of carbonyl (C=O) groups excluding carboxylic acids is 1. The van der Waals surface area contributed by atoms with Gasteiger partial charge >= 0.3 is 0 Å². The second kappa shape index (κ2) is 4.00. The molecule has 2 rings (SSSR count). The molecule has 1 aliphatic carbocycles. The van der Waals surface area contributed by atoms with Gasteiger partial charge in [0.25, 0.3) is 0 Å². The molecule has 0 spiro atoms. The van der Waals surface area contributed by atoms with E-state index in [1.54, 1.807) is 0 Å². The summed E-state index contributed by atoms with van der Waals surface area (Å²) in [6.45, 7) is 3.38. The van der Waals surface area contributed by atoms with E-state index < -0.39 is 15.4 Å². The molecule has 0 aromatic carbocycles. The molecule has 1 heterocycles. The second-order valence-electron chi connectivity index (χ2n) is 4.99. The van der Waals surface area contributed by atoms with Crippen molar-refractivity contribution in [3.63, 3.8) is 0 Å². The van der Waals surface area contributed by atoms with Gasteiger partial charge in [-0.2, -0.15) is 0 Å². The lowest BCUT2D eigenvalue weighted by molar-refractivity contribution is -0.129. The summed E-state index contributed by atoms with van der Waals surface area (Å²) in [5, 5.41) is 2.83. The largest absolute Gasteiger partial charge is 0.317 e. The molecule has 1 aliphatic heterocycles. The molecule has 0 bridgehead atoms. The van der Waals surface area contributed by atoms with Crippen LogP contribution in [-0.4, -0.2) is 32.7 Å². The molecule has 1 saturated carbocycles. The van der Waals surface area contributed by atoms with Gasteiger partial charge in [-0.15, -0.1) is 0 Å². The van der Waals surface area contributed by atoms with Crippen molar-refractivity contribution in [2.75, 3.05) is 13.1 Å². The highest BCUT2D eigenvalue weighted by atomic mass is 32.2. The SMILES string of the molecule is CC1(C(=O)NS(=O)(=O)C2CC2)CCNCC1. The number of piperidine rings is 1. The van der Waals surface area contributed by atoms with Gasteiger partial charge in [0.2, 0.25) is 15.9 Å². The number of carbonyl (C=O) groups is 1. The van der Waals surface area contributed by atoms with E-state index in [9.17, 15) is 13.2 Å². The monoisotopic (exact) mass is 246 g/mol. The highest BCUT2D eigenvalue weighted by molar-refractivity contribution is 7.90. The lowest BCUT2D eigenvalue weighted by Crippen LogP contribution is -2.48. The Labute approximate surface area is 96.0 Å². The number of nitrogens with one attached hydrogen (secondary N) is 2. The maximum atomic E-state index is 11.9. The number of hydrogen-bond donors (Lipinski definition) is 2. The highest BCUT2D eigenvalue weighted by Gasteiger charge is 2.41. The molecule has 0 radical (unpaired) electrons. The fourth-order valence-electron chi connectivity index (χ4n) is 1.92. The number of amides is 1. The van der Waals surface area contributed by atoms with Crippen LogP contribution in [0.1, 0.15) is 32.6 Å². The topological polar surface area (TPSA) is 75.3 Å². The summed E-state index contributed by atoms with van der Waals surface area (Å²) < 4.78 is 25.5. The van der Waals surface area contributed by atoms with Gasteiger partial charge in [-0.3, -0.25) is 9.52 Å². The van der Waals surface area contributed by atoms with Crippen LogP contribution in [0.5, 0.6) is 0 Å². The van der Waals surface area contributed by atoms with Crippen LogP contribution in [0, 0.1) is 5.41 Å². The number of sulfonamides is 1. The van der Waals surface area contributed by atoms with Gasteiger partial charge in [-0.05, 0) is 38.8 Å². The second-order valence-corrected chi connectivity index (χ2v) is 6.95. The molecule has 1 amide bonds. The van der Waals surface area contributed by atoms with Crippen LogP contribution >= 0.6 is 0 Å². The predicted octanol–water partition coefficient (Wildman–Crippen LogP) is -0.0155. The first-order chi connectivity index (χ1) is 7.44. The molecule has 16 heavy (non-hydrogen) atoms. The summed E-state index contributed by atoms with van der Waals surface area (Å²) in [6.07, 6.45) is 2.75. The van der Waals surface area contributed by atoms with E-state index >= 15 is 0 Å². The Bertz CT molecular complexity index is 381. The molecule has 0 aromatic heterocycles. The van der Waals surface area contributed by atoms with Crippen molar-refractivity contribution in [2.45, 2.75) is 37.9 Å². The van der Waals surface area contributed by atoms with Gasteiger partial charge in [0.15, 0.2) is 0 Å². The van der Waals surface area contributed by atoms with Crippen LogP contribution in [0.2, 0.25) is 0 Å². The quantitative estimate of drug-likeness (QED) is 0.734. The van der Waals surface area contributed by atoms with Crippen molar-refractivity contribution >= 4 is 15.9 Å². The van der Waals surface area contributed by atoms with Gasteiger partial charge in [-0.25, -0.2) is 8.42 Å². The third-order valence-corrected chi connectivity index (χ3v) is 5.27. The summed E-state index contributed by atoms with van der Waals surface area (Å²) >= 11 is 0. The van der Waals surface area contributed by atoms with E-state index in [1.165, 1.54) is 0 Å². The van der Waals surface area contributed by atoms with Gasteiger partial charge < -0.3 is 5.32 Å².